The summed E-state index contributed by atoms with van der Waals surface area (Å²) < 4.78 is 31.6. The second kappa shape index (κ2) is 44.8. The van der Waals surface area contributed by atoms with E-state index in [9.17, 15) is 0 Å². The molecule has 4 radical (unpaired) electrons. The summed E-state index contributed by atoms with van der Waals surface area (Å²) >= 11 is 1.56. The van der Waals surface area contributed by atoms with Crippen LogP contribution in [0.2, 0.25) is 0 Å². The van der Waals surface area contributed by atoms with Gasteiger partial charge in [0.25, 0.3) is 0 Å². The van der Waals surface area contributed by atoms with E-state index in [0.717, 1.165) is 113 Å². The zero-order chi connectivity index (χ0) is 78.8. The fourth-order valence-corrected chi connectivity index (χ4v) is 11.7. The van der Waals surface area contributed by atoms with Crippen molar-refractivity contribution in [3.8, 4) is 124 Å². The van der Waals surface area contributed by atoms with Crippen LogP contribution < -0.4 is 15.1 Å². The second-order valence-electron chi connectivity index (χ2n) is 25.0. The third-order valence-corrected chi connectivity index (χ3v) is 17.3. The van der Waals surface area contributed by atoms with Crippen molar-refractivity contribution in [2.75, 3.05) is 0 Å². The summed E-state index contributed by atoms with van der Waals surface area (Å²) in [4.78, 5) is 25.5. The maximum absolute atomic E-state index is 5.71. The van der Waals surface area contributed by atoms with E-state index in [1.807, 2.05) is 279 Å². The summed E-state index contributed by atoms with van der Waals surface area (Å²) in [5.74, 6) is 1.38. The third kappa shape index (κ3) is 24.5. The molecule has 16 heterocycles. The summed E-state index contributed by atoms with van der Waals surface area (Å²) in [6.45, 7) is 0. The van der Waals surface area contributed by atoms with Gasteiger partial charge in [0.05, 0.1) is 35.1 Å². The van der Waals surface area contributed by atoms with Gasteiger partial charge in [-0.1, -0.05) is 229 Å². The molecule has 0 unspecified atom stereocenters. The van der Waals surface area contributed by atoms with Crippen LogP contribution >= 0.6 is 11.3 Å². The molecule has 119 heavy (non-hydrogen) atoms. The molecule has 16 aromatic heterocycles. The molecule has 0 N–H and O–H groups in total. The summed E-state index contributed by atoms with van der Waals surface area (Å²) in [6.07, 6.45) is 46.2. The van der Waals surface area contributed by atoms with Gasteiger partial charge in [0.2, 0.25) is 0 Å². The second-order valence-corrected chi connectivity index (χ2v) is 25.7. The number of hydrogen-bond acceptors (Lipinski definition) is 15. The van der Waals surface area contributed by atoms with Crippen molar-refractivity contribution < 1.29 is 93.7 Å². The molecule has 5 aromatic carbocycles. The van der Waals surface area contributed by atoms with Gasteiger partial charge in [0.1, 0.15) is 17.9 Å². The molecular formula is C88H71Ir4N23O3S-8. The monoisotopic (exact) mass is 2300 g/mol. The Kier molecular flexibility index (Phi) is 33.2. The first kappa shape index (κ1) is 88.2. The molecule has 31 heteroatoms. The zero-order valence-electron chi connectivity index (χ0n) is 64.1. The number of oxazole rings is 2. The molecule has 0 atom stereocenters. The standard InChI is InChI=1S/C14H12N3.C14H11N2O.C13H11N4.C13H9N2O.C12H8N3S.C8H8N3.C7H7N4.C7H5N2O.4Ir/c1-17-9-14(16-10-17)13-7-12(8-15-13)11-5-3-2-4-6-11;1-16-8-7-12(10-16)14-15-9-13(17-14)11-5-3-2-4-6-11;1-16-13(11-6-3-2-4-7-11)12(10-15-16)17-9-5-8-14-17;1-2-4-10(5-3-1)11-6-12(14-7-11)13-8-16-9-15-13;1-2-4-9(5-3-1)10-6-11(15-14-10)12-7-16-8-13-12;1-10-6-3-8(7-10)11-5-2-4-9-11;1-10-6-7(5-9-10)11-4-2-3-8-11;1-3-8-9(4-1)7-2-5-10-6-7;;;;/h2-10H,1H3;2-6,8-10H,1H3;2-9H,1H3;1-9H;1-8H;2,4-7H,1H3;2-5H,1H3;1-5H;;;;/q8*-1;;;;. The van der Waals surface area contributed by atoms with E-state index >= 15 is 0 Å². The Morgan fingerprint density at radius 2 is 1.00 bits per heavy atom. The molecule has 0 bridgehead atoms. The van der Waals surface area contributed by atoms with Crippen LogP contribution in [0.25, 0.3) is 124 Å². The minimum absolute atomic E-state index is 0. The van der Waals surface area contributed by atoms with Gasteiger partial charge >= 0.3 is 0 Å². The Labute approximate surface area is 743 Å². The number of benzene rings is 5. The molecule has 0 aliphatic heterocycles. The fourth-order valence-electron chi connectivity index (χ4n) is 11.2. The number of aromatic nitrogens is 23. The number of imidazole rings is 1. The predicted molar refractivity (Wildman–Crippen MR) is 437 cm³/mol. The maximum Gasteiger partial charge on any atom is 0.180 e. The molecule has 21 aromatic rings. The van der Waals surface area contributed by atoms with Gasteiger partial charge in [-0.3, -0.25) is 28.8 Å². The van der Waals surface area contributed by atoms with Crippen molar-refractivity contribution >= 4 is 11.3 Å². The quantitative estimate of drug-likeness (QED) is 0.0971. The van der Waals surface area contributed by atoms with Crippen LogP contribution in [0.4, 0.5) is 0 Å². The number of hydrogen-bond donors (Lipinski definition) is 0. The molecule has 0 aliphatic carbocycles. The van der Waals surface area contributed by atoms with Gasteiger partial charge in [-0.05, 0) is 77.9 Å². The SMILES string of the molecule is Cn1[c-]c(-n2cccn2)cn1.Cn1c[c-]c(-c2ncc(-c3ccccc3)o2)c1.Cn1c[c-]c(-n2cccn2)c1.Cn1cnc(-c2cc(-c3ccccc3)c[n-]2)c1.Cn1n[c-]c(-n2cccn2)c1-c1ccccc1.[Ir].[Ir].[Ir].[Ir].[c-]1occc1-n1cccn1.c1ccc(-c2c[n-]c(-c3cocn3)c2)cc1.c1ccc(-c2cc(-c3cscn3)[n-]n2)cc1. The normalized spacial score (nSPS) is 10.1. The third-order valence-electron chi connectivity index (χ3n) is 16.7. The van der Waals surface area contributed by atoms with Gasteiger partial charge in [-0.25, -0.2) is 21.0 Å². The van der Waals surface area contributed by atoms with Gasteiger partial charge in [0.15, 0.2) is 6.39 Å². The number of furan rings is 1. The fraction of sp³-hybridized carbons (Fsp3) is 0.0568. The number of aryl methyl sites for hydroxylation is 5. The molecule has 26 nitrogen and oxygen atoms in total. The van der Waals surface area contributed by atoms with Gasteiger partial charge < -0.3 is 61.6 Å². The Bertz CT molecular complexity index is 5910. The number of thiazole rings is 1. The van der Waals surface area contributed by atoms with E-state index in [1.54, 1.807) is 102 Å². The average Bonchev–Trinajstić information content (AvgIpc) is 1.66. The molecule has 0 saturated heterocycles. The topological polar surface area (TPSA) is 268 Å². The van der Waals surface area contributed by atoms with E-state index in [0.29, 0.717) is 5.89 Å². The molecule has 0 fully saturated rings. The molecule has 0 aliphatic rings. The molecule has 0 spiro atoms. The van der Waals surface area contributed by atoms with E-state index in [2.05, 4.69) is 144 Å². The van der Waals surface area contributed by atoms with Crippen LogP contribution in [0.1, 0.15) is 0 Å². The Morgan fingerprint density at radius 1 is 0.445 bits per heavy atom. The van der Waals surface area contributed by atoms with Crippen LogP contribution in [0, 0.1) is 30.8 Å². The molecule has 606 valence electrons. The minimum Gasteiger partial charge on any atom is -0.662 e. The molecular weight excluding hydrogens is 2230 g/mol. The Morgan fingerprint density at radius 3 is 1.50 bits per heavy atom. The minimum atomic E-state index is 0. The zero-order valence-corrected chi connectivity index (χ0v) is 74.5. The molecule has 0 saturated carbocycles. The smallest absolute Gasteiger partial charge is 0.180 e. The average molecular weight is 2300 g/mol. The van der Waals surface area contributed by atoms with Crippen molar-refractivity contribution in [2.45, 2.75) is 0 Å². The van der Waals surface area contributed by atoms with Crippen molar-refractivity contribution in [3.05, 3.63) is 372 Å². The van der Waals surface area contributed by atoms with Gasteiger partial charge in [-0.2, -0.15) is 44.9 Å². The number of rotatable bonds is 13. The Balaban J connectivity index is 0.000000143. The first-order chi connectivity index (χ1) is 56.6. The first-order valence-corrected chi connectivity index (χ1v) is 36.6. The van der Waals surface area contributed by atoms with Gasteiger partial charge in [-0.15, -0.1) is 46.9 Å². The predicted octanol–water partition coefficient (Wildman–Crippen LogP) is 16.4. The summed E-state index contributed by atoms with van der Waals surface area (Å²) in [5, 5.41) is 34.7. The first-order valence-electron chi connectivity index (χ1n) is 35.7. The van der Waals surface area contributed by atoms with E-state index in [4.69, 9.17) is 13.3 Å². The largest absolute Gasteiger partial charge is 0.662 e. The van der Waals surface area contributed by atoms with Crippen LogP contribution in [0.15, 0.2) is 355 Å². The van der Waals surface area contributed by atoms with Crippen molar-refractivity contribution in [1.82, 2.24) is 112 Å². The Hall–Kier alpha value is -13.2. The number of nitrogens with zero attached hydrogens (tertiary/aromatic N) is 23. The van der Waals surface area contributed by atoms with Gasteiger partial charge in [0, 0.05) is 180 Å². The van der Waals surface area contributed by atoms with Crippen LogP contribution in [-0.2, 0) is 116 Å². The van der Waals surface area contributed by atoms with Crippen LogP contribution in [0.5, 0.6) is 0 Å². The maximum atomic E-state index is 5.71. The van der Waals surface area contributed by atoms with Crippen molar-refractivity contribution in [3.63, 3.8) is 0 Å². The summed E-state index contributed by atoms with van der Waals surface area (Å²) in [7, 11) is 9.60. The van der Waals surface area contributed by atoms with E-state index < -0.39 is 0 Å². The van der Waals surface area contributed by atoms with Crippen LogP contribution in [0.3, 0.4) is 0 Å². The molecule has 21 rings (SSSR count). The summed E-state index contributed by atoms with van der Waals surface area (Å²) in [6, 6.07) is 71.9. The van der Waals surface area contributed by atoms with Crippen molar-refractivity contribution in [2.24, 2.45) is 35.2 Å². The van der Waals surface area contributed by atoms with Crippen LogP contribution in [-0.4, -0.2) is 97.4 Å². The molecule has 0 amide bonds. The summed E-state index contributed by atoms with van der Waals surface area (Å²) in [5.41, 5.74) is 21.0. The van der Waals surface area contributed by atoms with E-state index in [-0.39, 0.29) is 80.4 Å². The van der Waals surface area contributed by atoms with E-state index in [1.165, 1.54) is 12.0 Å². The van der Waals surface area contributed by atoms with Crippen molar-refractivity contribution in [1.29, 1.82) is 0 Å².